The number of hydrogen-bond donors (Lipinski definition) is 2. The molecule has 0 radical (unpaired) electrons. The molecule has 3 heterocycles. The van der Waals surface area contributed by atoms with Gasteiger partial charge in [0.05, 0.1) is 13.1 Å². The van der Waals surface area contributed by atoms with E-state index < -0.39 is 15.8 Å². The van der Waals surface area contributed by atoms with E-state index in [0.717, 1.165) is 52.0 Å². The fourth-order valence-electron chi connectivity index (χ4n) is 4.51. The van der Waals surface area contributed by atoms with Crippen LogP contribution in [0.2, 0.25) is 0 Å². The summed E-state index contributed by atoms with van der Waals surface area (Å²) < 4.78 is 44.6. The molecule has 2 N–H and O–H groups in total. The summed E-state index contributed by atoms with van der Waals surface area (Å²) in [4.78, 5) is 29.9. The summed E-state index contributed by atoms with van der Waals surface area (Å²) in [7, 11) is 1.29. The maximum atomic E-state index is 12.1. The Labute approximate surface area is 322 Å². The first kappa shape index (κ1) is 62.6. The van der Waals surface area contributed by atoms with Gasteiger partial charge in [0.2, 0.25) is 11.8 Å². The number of aliphatic hydroxyl groups is 1. The van der Waals surface area contributed by atoms with Gasteiger partial charge in [-0.1, -0.05) is 76.7 Å². The Kier molecular flexibility index (Phi) is 52.9. The monoisotopic (exact) mass is 778 g/mol. The number of carbonyl (C=O) groups is 2. The summed E-state index contributed by atoms with van der Waals surface area (Å²) in [6.45, 7) is 28.5. The Morgan fingerprint density at radius 2 is 1.17 bits per heavy atom. The Balaban J connectivity index is -0.000000121. The predicted octanol–water partition coefficient (Wildman–Crippen LogP) is 7.45. The topological polar surface area (TPSA) is 114 Å². The van der Waals surface area contributed by atoms with Gasteiger partial charge < -0.3 is 25.1 Å². The SMILES string of the molecule is C.CC.CC.CCC(=O)N1CCCC1.CCC(=O)NCCN(C)C.CCCN1CC(F)(F)C1.CCCN1CCCC1.CCCO.CCCS(C)(=O)=O. The number of nitrogens with zero attached hydrogens (tertiary/aromatic N) is 4. The zero-order valence-corrected chi connectivity index (χ0v) is 36.4. The van der Waals surface area contributed by atoms with Gasteiger partial charge >= 0.3 is 0 Å². The second kappa shape index (κ2) is 44.0. The van der Waals surface area contributed by atoms with Crippen molar-refractivity contribution in [1.29, 1.82) is 0 Å². The zero-order valence-electron chi connectivity index (χ0n) is 35.6. The predicted molar refractivity (Wildman–Crippen MR) is 222 cm³/mol. The standard InChI is InChI=1S/C7H16N2O.C7H13NO.C7H15N.C6H11F2N.C4H10O2S.C3H8O.2C2H6.CH4/c1-4-7(10)8-5-6-9(2)3;1-2-7(9)8-5-3-4-6-8;1-2-5-8-6-3-4-7-8;1-2-3-9-4-6(7,8)5-9;1-3-4-7(2,5)6;1-2-3-4;2*1-2;/h4-6H2,1-3H3,(H,8,10);2-6H2,1H3;2-7H2,1H3;2-5H2,1H3;3-4H2,1-2H3;4H,2-3H2,1H3;2*1-2H3;1H4. The summed E-state index contributed by atoms with van der Waals surface area (Å²) in [6, 6.07) is 0. The maximum Gasteiger partial charge on any atom is 0.272 e. The van der Waals surface area contributed by atoms with Crippen LogP contribution in [-0.2, 0) is 19.4 Å². The Morgan fingerprint density at radius 1 is 0.750 bits per heavy atom. The van der Waals surface area contributed by atoms with E-state index in [2.05, 4.69) is 17.1 Å². The zero-order chi connectivity index (χ0) is 40.7. The number of amides is 2. The molecule has 0 spiro atoms. The highest BCUT2D eigenvalue weighted by atomic mass is 32.2. The number of alkyl halides is 2. The molecule has 0 aromatic heterocycles. The third kappa shape index (κ3) is 48.6. The first-order valence-corrected chi connectivity index (χ1v) is 21.9. The number of sulfone groups is 1. The quantitative estimate of drug-likeness (QED) is 0.210. The molecule has 2 amide bonds. The van der Waals surface area contributed by atoms with Gasteiger partial charge in [0.1, 0.15) is 9.84 Å². The van der Waals surface area contributed by atoms with E-state index in [4.69, 9.17) is 5.11 Å². The summed E-state index contributed by atoms with van der Waals surface area (Å²) in [5.74, 6) is -1.63. The minimum absolute atomic E-state index is 0. The first-order valence-electron chi connectivity index (χ1n) is 19.9. The van der Waals surface area contributed by atoms with Crippen molar-refractivity contribution in [2.75, 3.05) is 98.2 Å². The summed E-state index contributed by atoms with van der Waals surface area (Å²) >= 11 is 0. The van der Waals surface area contributed by atoms with Gasteiger partial charge in [-0.05, 0) is 91.6 Å². The average molecular weight is 778 g/mol. The van der Waals surface area contributed by atoms with Gasteiger partial charge in [-0.3, -0.25) is 14.5 Å². The molecule has 0 atom stereocenters. The van der Waals surface area contributed by atoms with Crippen molar-refractivity contribution >= 4 is 21.7 Å². The highest BCUT2D eigenvalue weighted by Crippen LogP contribution is 2.26. The van der Waals surface area contributed by atoms with E-state index in [-0.39, 0.29) is 26.4 Å². The molecule has 3 aliphatic heterocycles. The van der Waals surface area contributed by atoms with Crippen molar-refractivity contribution in [2.24, 2.45) is 0 Å². The minimum atomic E-state index is -2.67. The highest BCUT2D eigenvalue weighted by molar-refractivity contribution is 7.90. The molecule has 10 nitrogen and oxygen atoms in total. The van der Waals surface area contributed by atoms with Crippen LogP contribution >= 0.6 is 0 Å². The normalized spacial score (nSPS) is 15.4. The molecule has 3 fully saturated rings. The lowest BCUT2D eigenvalue weighted by molar-refractivity contribution is -0.130. The van der Waals surface area contributed by atoms with Crippen LogP contribution in [0.4, 0.5) is 8.78 Å². The molecule has 3 rings (SSSR count). The largest absolute Gasteiger partial charge is 0.396 e. The van der Waals surface area contributed by atoms with Crippen molar-refractivity contribution in [3.05, 3.63) is 0 Å². The number of likely N-dealkylation sites (N-methyl/N-ethyl adjacent to an activating group) is 1. The van der Waals surface area contributed by atoms with Crippen LogP contribution in [-0.4, -0.2) is 149 Å². The second-order valence-electron chi connectivity index (χ2n) is 12.4. The third-order valence-corrected chi connectivity index (χ3v) is 8.10. The van der Waals surface area contributed by atoms with Crippen LogP contribution in [0.15, 0.2) is 0 Å². The number of aliphatic hydroxyl groups excluding tert-OH is 1. The van der Waals surface area contributed by atoms with E-state index in [0.29, 0.717) is 31.1 Å². The molecule has 0 aliphatic carbocycles. The number of likely N-dealkylation sites (tertiary alicyclic amines) is 3. The van der Waals surface area contributed by atoms with Crippen LogP contribution < -0.4 is 5.32 Å². The number of nitrogens with one attached hydrogen (secondary N) is 1. The van der Waals surface area contributed by atoms with Crippen molar-refractivity contribution in [3.63, 3.8) is 0 Å². The van der Waals surface area contributed by atoms with Gasteiger partial charge in [0.25, 0.3) is 5.92 Å². The van der Waals surface area contributed by atoms with Crippen LogP contribution in [0.3, 0.4) is 0 Å². The first-order chi connectivity index (χ1) is 24.1. The molecule has 0 aromatic rings. The summed E-state index contributed by atoms with van der Waals surface area (Å²) in [5, 5.41) is 10.7. The molecule has 0 aromatic carbocycles. The lowest BCUT2D eigenvalue weighted by Gasteiger charge is -2.38. The molecular weight excluding hydrogens is 689 g/mol. The molecule has 3 aliphatic rings. The molecule has 0 saturated carbocycles. The van der Waals surface area contributed by atoms with Crippen molar-refractivity contribution in [2.45, 2.75) is 147 Å². The second-order valence-corrected chi connectivity index (χ2v) is 14.7. The van der Waals surface area contributed by atoms with E-state index in [1.165, 1.54) is 58.0 Å². The van der Waals surface area contributed by atoms with Gasteiger partial charge in [-0.25, -0.2) is 17.2 Å². The smallest absolute Gasteiger partial charge is 0.272 e. The Bertz CT molecular complexity index is 831. The molecular formula is C39H89F2N5O5S. The number of rotatable bonds is 12. The van der Waals surface area contributed by atoms with Gasteiger partial charge in [0, 0.05) is 57.6 Å². The van der Waals surface area contributed by atoms with Gasteiger partial charge in [0.15, 0.2) is 0 Å². The number of hydrogen-bond acceptors (Lipinski definition) is 8. The van der Waals surface area contributed by atoms with Crippen molar-refractivity contribution < 1.29 is 31.9 Å². The van der Waals surface area contributed by atoms with Crippen molar-refractivity contribution in [1.82, 2.24) is 24.9 Å². The van der Waals surface area contributed by atoms with E-state index >= 15 is 0 Å². The Hall–Kier alpha value is -1.41. The minimum Gasteiger partial charge on any atom is -0.396 e. The molecule has 13 heteroatoms. The maximum absolute atomic E-state index is 12.1. The molecule has 320 valence electrons. The van der Waals surface area contributed by atoms with Gasteiger partial charge in [-0.2, -0.15) is 0 Å². The third-order valence-electron chi connectivity index (χ3n) is 6.95. The lowest BCUT2D eigenvalue weighted by atomic mass is 10.1. The van der Waals surface area contributed by atoms with Gasteiger partial charge in [-0.15, -0.1) is 0 Å². The Morgan fingerprint density at radius 3 is 1.46 bits per heavy atom. The van der Waals surface area contributed by atoms with Crippen LogP contribution in [0, 0.1) is 0 Å². The summed E-state index contributed by atoms with van der Waals surface area (Å²) in [6.07, 6.45) is 11.6. The van der Waals surface area contributed by atoms with E-state index in [1.54, 1.807) is 4.90 Å². The van der Waals surface area contributed by atoms with Crippen molar-refractivity contribution in [3.8, 4) is 0 Å². The number of carbonyl (C=O) groups excluding carboxylic acids is 2. The lowest BCUT2D eigenvalue weighted by Crippen LogP contribution is -2.56. The van der Waals surface area contributed by atoms with E-state index in [9.17, 15) is 26.8 Å². The highest BCUT2D eigenvalue weighted by Gasteiger charge is 2.42. The van der Waals surface area contributed by atoms with Crippen LogP contribution in [0.25, 0.3) is 0 Å². The van der Waals surface area contributed by atoms with E-state index in [1.807, 2.05) is 86.2 Å². The fraction of sp³-hybridized carbons (Fsp3) is 0.949. The molecule has 0 unspecified atom stereocenters. The molecule has 3 saturated heterocycles. The average Bonchev–Trinajstić information content (AvgIpc) is 3.82. The number of halogens is 2. The summed E-state index contributed by atoms with van der Waals surface area (Å²) in [5.41, 5.74) is 0. The molecule has 52 heavy (non-hydrogen) atoms. The van der Waals surface area contributed by atoms with Crippen LogP contribution in [0.1, 0.15) is 141 Å². The molecule has 0 bridgehead atoms. The van der Waals surface area contributed by atoms with Crippen LogP contribution in [0.5, 0.6) is 0 Å². The fourth-order valence-corrected chi connectivity index (χ4v) is 5.25.